The van der Waals surface area contributed by atoms with Crippen LogP contribution in [0.1, 0.15) is 33.9 Å². The topological polar surface area (TPSA) is 20.2 Å². The summed E-state index contributed by atoms with van der Waals surface area (Å²) < 4.78 is 38.0. The SMILES string of the molecule is Cc1cc(C)cc(C(O)c2cccc(C(F)(F)F)c2)c1. The number of aliphatic hydroxyl groups excluding tert-OH is 1. The van der Waals surface area contributed by atoms with E-state index >= 15 is 0 Å². The molecule has 4 heteroatoms. The summed E-state index contributed by atoms with van der Waals surface area (Å²) in [5, 5.41) is 10.3. The molecule has 0 aliphatic carbocycles. The minimum absolute atomic E-state index is 0.241. The Balaban J connectivity index is 2.40. The molecule has 0 bridgehead atoms. The molecule has 0 amide bonds. The Kier molecular flexibility index (Phi) is 3.86. The average molecular weight is 280 g/mol. The van der Waals surface area contributed by atoms with Gasteiger partial charge in [-0.1, -0.05) is 41.5 Å². The van der Waals surface area contributed by atoms with Crippen LogP contribution in [0, 0.1) is 13.8 Å². The predicted molar refractivity (Wildman–Crippen MR) is 71.4 cm³/mol. The van der Waals surface area contributed by atoms with E-state index in [-0.39, 0.29) is 5.56 Å². The van der Waals surface area contributed by atoms with Crippen LogP contribution >= 0.6 is 0 Å². The van der Waals surface area contributed by atoms with Crippen molar-refractivity contribution in [2.45, 2.75) is 26.1 Å². The third-order valence-corrected chi connectivity index (χ3v) is 3.09. The molecule has 20 heavy (non-hydrogen) atoms. The van der Waals surface area contributed by atoms with Gasteiger partial charge in [-0.15, -0.1) is 0 Å². The van der Waals surface area contributed by atoms with Crippen molar-refractivity contribution in [3.8, 4) is 0 Å². The molecular formula is C16H15F3O. The van der Waals surface area contributed by atoms with Crippen molar-refractivity contribution >= 4 is 0 Å². The zero-order valence-corrected chi connectivity index (χ0v) is 11.2. The van der Waals surface area contributed by atoms with E-state index in [1.54, 1.807) is 12.1 Å². The van der Waals surface area contributed by atoms with Crippen LogP contribution in [0.15, 0.2) is 42.5 Å². The van der Waals surface area contributed by atoms with E-state index in [2.05, 4.69) is 0 Å². The Morgan fingerprint density at radius 3 is 2.05 bits per heavy atom. The number of hydrogen-bond acceptors (Lipinski definition) is 1. The third-order valence-electron chi connectivity index (χ3n) is 3.09. The van der Waals surface area contributed by atoms with Gasteiger partial charge in [-0.2, -0.15) is 13.2 Å². The first-order valence-electron chi connectivity index (χ1n) is 6.21. The number of aryl methyl sites for hydroxylation is 2. The average Bonchev–Trinajstić information content (AvgIpc) is 2.36. The highest BCUT2D eigenvalue weighted by Gasteiger charge is 2.30. The number of benzene rings is 2. The number of halogens is 3. The van der Waals surface area contributed by atoms with Crippen molar-refractivity contribution in [2.75, 3.05) is 0 Å². The van der Waals surface area contributed by atoms with Gasteiger partial charge in [0.05, 0.1) is 5.56 Å². The molecule has 0 heterocycles. The molecule has 0 aliphatic rings. The van der Waals surface area contributed by atoms with E-state index in [0.29, 0.717) is 5.56 Å². The summed E-state index contributed by atoms with van der Waals surface area (Å²) in [7, 11) is 0. The van der Waals surface area contributed by atoms with Crippen molar-refractivity contribution in [3.05, 3.63) is 70.3 Å². The molecule has 2 aromatic carbocycles. The molecule has 0 aliphatic heterocycles. The van der Waals surface area contributed by atoms with E-state index in [0.717, 1.165) is 23.3 Å². The van der Waals surface area contributed by atoms with Gasteiger partial charge in [-0.3, -0.25) is 0 Å². The van der Waals surface area contributed by atoms with Gasteiger partial charge in [-0.05, 0) is 37.1 Å². The highest BCUT2D eigenvalue weighted by atomic mass is 19.4. The fraction of sp³-hybridized carbons (Fsp3) is 0.250. The maximum absolute atomic E-state index is 12.7. The van der Waals surface area contributed by atoms with Crippen LogP contribution in [0.2, 0.25) is 0 Å². The predicted octanol–water partition coefficient (Wildman–Crippen LogP) is 4.40. The lowest BCUT2D eigenvalue weighted by Crippen LogP contribution is -2.07. The fourth-order valence-corrected chi connectivity index (χ4v) is 2.25. The standard InChI is InChI=1S/C16H15F3O/c1-10-6-11(2)8-13(7-10)15(20)12-4-3-5-14(9-12)16(17,18)19/h3-9,15,20H,1-2H3. The zero-order valence-electron chi connectivity index (χ0n) is 11.2. The summed E-state index contributed by atoms with van der Waals surface area (Å²) in [5.41, 5.74) is 2.02. The Morgan fingerprint density at radius 1 is 0.900 bits per heavy atom. The summed E-state index contributed by atoms with van der Waals surface area (Å²) in [5.74, 6) is 0. The Labute approximate surface area is 115 Å². The number of rotatable bonds is 2. The Bertz CT molecular complexity index is 597. The van der Waals surface area contributed by atoms with Crippen LogP contribution in [0.25, 0.3) is 0 Å². The molecule has 1 N–H and O–H groups in total. The van der Waals surface area contributed by atoms with Crippen LogP contribution in [-0.2, 0) is 6.18 Å². The second-order valence-corrected chi connectivity index (χ2v) is 4.95. The van der Waals surface area contributed by atoms with Crippen molar-refractivity contribution in [1.29, 1.82) is 0 Å². The lowest BCUT2D eigenvalue weighted by Gasteiger charge is -2.15. The van der Waals surface area contributed by atoms with Gasteiger partial charge in [0.1, 0.15) is 6.10 Å². The van der Waals surface area contributed by atoms with Crippen molar-refractivity contribution < 1.29 is 18.3 Å². The lowest BCUT2D eigenvalue weighted by molar-refractivity contribution is -0.137. The molecular weight excluding hydrogens is 265 g/mol. The van der Waals surface area contributed by atoms with Crippen molar-refractivity contribution in [3.63, 3.8) is 0 Å². The first-order chi connectivity index (χ1) is 9.27. The number of aliphatic hydroxyl groups is 1. The monoisotopic (exact) mass is 280 g/mol. The molecule has 1 unspecified atom stereocenters. The van der Waals surface area contributed by atoms with Crippen molar-refractivity contribution in [2.24, 2.45) is 0 Å². The molecule has 1 atom stereocenters. The van der Waals surface area contributed by atoms with E-state index in [9.17, 15) is 18.3 Å². The van der Waals surface area contributed by atoms with Crippen LogP contribution in [0.5, 0.6) is 0 Å². The minimum Gasteiger partial charge on any atom is -0.384 e. The van der Waals surface area contributed by atoms with Crippen LogP contribution in [0.3, 0.4) is 0 Å². The van der Waals surface area contributed by atoms with Crippen molar-refractivity contribution in [1.82, 2.24) is 0 Å². The van der Waals surface area contributed by atoms with Gasteiger partial charge in [0.15, 0.2) is 0 Å². The van der Waals surface area contributed by atoms with E-state index in [1.165, 1.54) is 12.1 Å². The number of alkyl halides is 3. The summed E-state index contributed by atoms with van der Waals surface area (Å²) in [4.78, 5) is 0. The summed E-state index contributed by atoms with van der Waals surface area (Å²) in [6.07, 6.45) is -5.46. The van der Waals surface area contributed by atoms with Gasteiger partial charge < -0.3 is 5.11 Å². The second kappa shape index (κ2) is 5.29. The highest BCUT2D eigenvalue weighted by Crippen LogP contribution is 2.32. The largest absolute Gasteiger partial charge is 0.416 e. The van der Waals surface area contributed by atoms with Gasteiger partial charge in [0.2, 0.25) is 0 Å². The first-order valence-corrected chi connectivity index (χ1v) is 6.21. The van der Waals surface area contributed by atoms with Crippen LogP contribution in [-0.4, -0.2) is 5.11 Å². The van der Waals surface area contributed by atoms with Gasteiger partial charge in [0.25, 0.3) is 0 Å². The van der Waals surface area contributed by atoms with E-state index in [4.69, 9.17) is 0 Å². The molecule has 0 fully saturated rings. The highest BCUT2D eigenvalue weighted by molar-refractivity contribution is 5.37. The first kappa shape index (κ1) is 14.6. The zero-order chi connectivity index (χ0) is 14.9. The smallest absolute Gasteiger partial charge is 0.384 e. The minimum atomic E-state index is -4.40. The molecule has 0 radical (unpaired) electrons. The molecule has 0 saturated heterocycles. The van der Waals surface area contributed by atoms with Crippen LogP contribution < -0.4 is 0 Å². The third kappa shape index (κ3) is 3.20. The van der Waals surface area contributed by atoms with Crippen LogP contribution in [0.4, 0.5) is 13.2 Å². The van der Waals surface area contributed by atoms with Gasteiger partial charge in [0, 0.05) is 0 Å². The quantitative estimate of drug-likeness (QED) is 0.864. The van der Waals surface area contributed by atoms with E-state index < -0.39 is 17.8 Å². The fourth-order valence-electron chi connectivity index (χ4n) is 2.25. The molecule has 106 valence electrons. The maximum Gasteiger partial charge on any atom is 0.416 e. The Morgan fingerprint density at radius 2 is 1.50 bits per heavy atom. The van der Waals surface area contributed by atoms with Gasteiger partial charge >= 0.3 is 6.18 Å². The summed E-state index contributed by atoms with van der Waals surface area (Å²) in [6, 6.07) is 10.3. The normalized spacial score (nSPS) is 13.3. The Hall–Kier alpha value is -1.81. The molecule has 0 spiro atoms. The summed E-state index contributed by atoms with van der Waals surface area (Å²) >= 11 is 0. The second-order valence-electron chi connectivity index (χ2n) is 4.95. The number of hydrogen-bond donors (Lipinski definition) is 1. The van der Waals surface area contributed by atoms with Gasteiger partial charge in [-0.25, -0.2) is 0 Å². The molecule has 0 saturated carbocycles. The maximum atomic E-state index is 12.7. The summed E-state index contributed by atoms with van der Waals surface area (Å²) in [6.45, 7) is 3.77. The molecule has 2 rings (SSSR count). The molecule has 2 aromatic rings. The van der Waals surface area contributed by atoms with E-state index in [1.807, 2.05) is 19.9 Å². The molecule has 1 nitrogen and oxygen atoms in total. The molecule has 0 aromatic heterocycles. The lowest BCUT2D eigenvalue weighted by atomic mass is 9.97.